The van der Waals surface area contributed by atoms with Crippen molar-refractivity contribution >= 4 is 49.1 Å². The molecule has 2 aromatic rings. The topological polar surface area (TPSA) is 46.2 Å². The fourth-order valence-electron chi connectivity index (χ4n) is 2.98. The fraction of sp³-hybridized carbons (Fsp3) is 0.0588. The molecule has 2 aromatic carbocycles. The quantitative estimate of drug-likeness (QED) is 0.640. The zero-order chi connectivity index (χ0) is 15.4. The highest BCUT2D eigenvalue weighted by Crippen LogP contribution is 2.39. The highest BCUT2D eigenvalue weighted by molar-refractivity contribution is 9.10. The largest absolute Gasteiger partial charge is 0.351 e. The molecule has 1 N–H and O–H groups in total. The van der Waals surface area contributed by atoms with E-state index in [2.05, 4.69) is 37.2 Å². The second-order valence-corrected chi connectivity index (χ2v) is 6.96. The molecule has 0 atom stereocenters. The zero-order valence-corrected chi connectivity index (χ0v) is 14.4. The van der Waals surface area contributed by atoms with Gasteiger partial charge in [0.15, 0.2) is 5.78 Å². The first-order valence-corrected chi connectivity index (χ1v) is 8.32. The van der Waals surface area contributed by atoms with Crippen molar-refractivity contribution in [3.8, 4) is 0 Å². The summed E-state index contributed by atoms with van der Waals surface area (Å²) < 4.78 is 1.51. The maximum Gasteiger partial charge on any atom is 0.212 e. The van der Waals surface area contributed by atoms with Crippen LogP contribution in [0.3, 0.4) is 0 Å². The molecule has 1 aliphatic carbocycles. The summed E-state index contributed by atoms with van der Waals surface area (Å²) in [6.07, 6.45) is 0.479. The maximum absolute atomic E-state index is 12.7. The Morgan fingerprint density at radius 2 is 1.55 bits per heavy atom. The smallest absolute Gasteiger partial charge is 0.212 e. The number of carbonyl (C=O) groups excluding carboxylic acids is 2. The predicted molar refractivity (Wildman–Crippen MR) is 91.3 cm³/mol. The number of carbonyl (C=O) groups is 2. The number of Topliss-reactive ketones (excluding diaryl/α,β-unsaturated/α-hetero) is 2. The van der Waals surface area contributed by atoms with Crippen LogP contribution in [0.4, 0.5) is 5.69 Å². The Balaban J connectivity index is 1.87. The van der Waals surface area contributed by atoms with E-state index in [9.17, 15) is 9.59 Å². The van der Waals surface area contributed by atoms with Crippen LogP contribution in [-0.4, -0.2) is 11.6 Å². The molecule has 0 saturated carbocycles. The van der Waals surface area contributed by atoms with E-state index in [1.54, 1.807) is 0 Å². The molecule has 108 valence electrons. The van der Waals surface area contributed by atoms with Crippen LogP contribution in [0.25, 0.3) is 0 Å². The number of rotatable bonds is 0. The molecule has 4 rings (SSSR count). The van der Waals surface area contributed by atoms with E-state index < -0.39 is 0 Å². The second-order valence-electron chi connectivity index (χ2n) is 5.25. The molecule has 5 heteroatoms. The number of anilines is 1. The average Bonchev–Trinajstić information content (AvgIpc) is 2.99. The van der Waals surface area contributed by atoms with E-state index in [4.69, 9.17) is 0 Å². The summed E-state index contributed by atoms with van der Waals surface area (Å²) in [5.74, 6) is -0.211. The summed E-state index contributed by atoms with van der Waals surface area (Å²) in [4.78, 5) is 25.4. The number of benzene rings is 2. The Bertz CT molecular complexity index is 826. The minimum atomic E-state index is -0.130. The van der Waals surface area contributed by atoms with Gasteiger partial charge >= 0.3 is 0 Å². The SMILES string of the molecule is O=C1/C(=C2\Nc3cccc(Br)c3C2=O)Cc2cccc(Br)c21. The van der Waals surface area contributed by atoms with E-state index in [1.165, 1.54) is 0 Å². The molecule has 22 heavy (non-hydrogen) atoms. The summed E-state index contributed by atoms with van der Waals surface area (Å²) in [5, 5.41) is 3.12. The van der Waals surface area contributed by atoms with Crippen molar-refractivity contribution in [1.29, 1.82) is 0 Å². The van der Waals surface area contributed by atoms with Crippen molar-refractivity contribution < 1.29 is 9.59 Å². The molecule has 0 unspecified atom stereocenters. The van der Waals surface area contributed by atoms with Crippen LogP contribution in [-0.2, 0) is 6.42 Å². The van der Waals surface area contributed by atoms with Gasteiger partial charge in [-0.1, -0.05) is 34.1 Å². The molecule has 0 saturated heterocycles. The predicted octanol–water partition coefficient (Wildman–Crippen LogP) is 4.51. The molecule has 1 heterocycles. The lowest BCUT2D eigenvalue weighted by Gasteiger charge is -2.02. The Hall–Kier alpha value is -1.72. The first kappa shape index (κ1) is 13.9. The third kappa shape index (κ3) is 1.85. The van der Waals surface area contributed by atoms with Crippen LogP contribution in [0.15, 0.2) is 56.6 Å². The summed E-state index contributed by atoms with van der Waals surface area (Å²) >= 11 is 6.83. The van der Waals surface area contributed by atoms with Crippen LogP contribution in [0.2, 0.25) is 0 Å². The highest BCUT2D eigenvalue weighted by Gasteiger charge is 2.36. The van der Waals surface area contributed by atoms with E-state index in [-0.39, 0.29) is 11.6 Å². The Labute approximate surface area is 143 Å². The molecule has 1 aliphatic heterocycles. The van der Waals surface area contributed by atoms with Crippen LogP contribution < -0.4 is 5.32 Å². The van der Waals surface area contributed by atoms with Gasteiger partial charge in [0, 0.05) is 26.5 Å². The minimum Gasteiger partial charge on any atom is -0.351 e. The van der Waals surface area contributed by atoms with Crippen molar-refractivity contribution in [2.45, 2.75) is 6.42 Å². The van der Waals surface area contributed by atoms with Gasteiger partial charge in [-0.3, -0.25) is 9.59 Å². The summed E-state index contributed by atoms with van der Waals surface area (Å²) in [6.45, 7) is 0. The standard InChI is InChI=1S/C17H9Br2NO2/c18-10-4-1-3-8-7-9(16(21)13(8)10)15-17(22)14-11(19)5-2-6-12(14)20-15/h1-6,20H,7H2/b15-9-. The van der Waals surface area contributed by atoms with E-state index in [0.29, 0.717) is 28.8 Å². The van der Waals surface area contributed by atoms with Crippen molar-refractivity contribution in [2.75, 3.05) is 5.32 Å². The summed E-state index contributed by atoms with van der Waals surface area (Å²) in [5.41, 5.74) is 3.88. The van der Waals surface area contributed by atoms with Crippen LogP contribution >= 0.6 is 31.9 Å². The molecule has 0 aromatic heterocycles. The molecular formula is C17H9Br2NO2. The number of hydrogen-bond donors (Lipinski definition) is 1. The third-order valence-corrected chi connectivity index (χ3v) is 5.32. The normalized spacial score (nSPS) is 19.2. The molecule has 0 fully saturated rings. The lowest BCUT2D eigenvalue weighted by molar-refractivity contribution is 0.101. The van der Waals surface area contributed by atoms with E-state index in [1.807, 2.05) is 36.4 Å². The van der Waals surface area contributed by atoms with Crippen LogP contribution in [0, 0.1) is 0 Å². The minimum absolute atomic E-state index is 0.0812. The Morgan fingerprint density at radius 1 is 0.864 bits per heavy atom. The monoisotopic (exact) mass is 417 g/mol. The van der Waals surface area contributed by atoms with Crippen LogP contribution in [0.1, 0.15) is 26.3 Å². The van der Waals surface area contributed by atoms with Gasteiger partial charge in [-0.25, -0.2) is 0 Å². The average molecular weight is 419 g/mol. The van der Waals surface area contributed by atoms with Gasteiger partial charge in [-0.2, -0.15) is 0 Å². The molecule has 0 bridgehead atoms. The zero-order valence-electron chi connectivity index (χ0n) is 11.2. The maximum atomic E-state index is 12.7. The van der Waals surface area contributed by atoms with E-state index in [0.717, 1.165) is 20.2 Å². The van der Waals surface area contributed by atoms with Gasteiger partial charge in [0.05, 0.1) is 16.9 Å². The first-order chi connectivity index (χ1) is 10.6. The highest BCUT2D eigenvalue weighted by atomic mass is 79.9. The number of hydrogen-bond acceptors (Lipinski definition) is 3. The van der Waals surface area contributed by atoms with E-state index >= 15 is 0 Å². The van der Waals surface area contributed by atoms with Gasteiger partial charge in [0.25, 0.3) is 0 Å². The van der Waals surface area contributed by atoms with Gasteiger partial charge in [-0.05, 0) is 39.7 Å². The van der Waals surface area contributed by atoms with Gasteiger partial charge in [0.2, 0.25) is 5.78 Å². The lowest BCUT2D eigenvalue weighted by atomic mass is 10.1. The van der Waals surface area contributed by atoms with Crippen LogP contribution in [0.5, 0.6) is 0 Å². The number of allylic oxidation sites excluding steroid dienone is 2. The molecular weight excluding hydrogens is 410 g/mol. The van der Waals surface area contributed by atoms with Crippen molar-refractivity contribution in [3.63, 3.8) is 0 Å². The number of fused-ring (bicyclic) bond motifs is 2. The molecule has 0 spiro atoms. The molecule has 0 radical (unpaired) electrons. The summed E-state index contributed by atoms with van der Waals surface area (Å²) in [6, 6.07) is 11.2. The Kier molecular flexibility index (Phi) is 3.09. The second kappa shape index (κ2) is 4.89. The number of halogens is 2. The molecule has 3 nitrogen and oxygen atoms in total. The summed E-state index contributed by atoms with van der Waals surface area (Å²) in [7, 11) is 0. The number of nitrogens with one attached hydrogen (secondary N) is 1. The molecule has 0 amide bonds. The first-order valence-electron chi connectivity index (χ1n) is 6.73. The third-order valence-electron chi connectivity index (χ3n) is 4.00. The molecule has 2 aliphatic rings. The number of ketones is 2. The van der Waals surface area contributed by atoms with Crippen molar-refractivity contribution in [2.24, 2.45) is 0 Å². The van der Waals surface area contributed by atoms with Gasteiger partial charge in [0.1, 0.15) is 0 Å². The van der Waals surface area contributed by atoms with Gasteiger partial charge in [-0.15, -0.1) is 0 Å². The fourth-order valence-corrected chi connectivity index (χ4v) is 4.12. The van der Waals surface area contributed by atoms with Gasteiger partial charge < -0.3 is 5.32 Å². The Morgan fingerprint density at radius 3 is 2.23 bits per heavy atom. The lowest BCUT2D eigenvalue weighted by Crippen LogP contribution is -2.10. The van der Waals surface area contributed by atoms with Crippen molar-refractivity contribution in [1.82, 2.24) is 0 Å². The van der Waals surface area contributed by atoms with Crippen molar-refractivity contribution in [3.05, 3.63) is 73.3 Å².